The van der Waals surface area contributed by atoms with Crippen LogP contribution in [0.5, 0.6) is 0 Å². The van der Waals surface area contributed by atoms with Gasteiger partial charge >= 0.3 is 81.1 Å². The molecular weight excluding hydrogens is 209 g/mol. The Bertz CT molecular complexity index is 306. The molecule has 0 unspecified atom stereocenters. The van der Waals surface area contributed by atoms with Gasteiger partial charge < -0.3 is 0 Å². The Balaban J connectivity index is 3.38. The topological polar surface area (TPSA) is 17.1 Å². The van der Waals surface area contributed by atoms with E-state index in [1.54, 1.807) is 16.5 Å². The Morgan fingerprint density at radius 3 is 1.92 bits per heavy atom. The molecule has 0 aliphatic rings. The first kappa shape index (κ1) is 9.52. The second kappa shape index (κ2) is 3.44. The summed E-state index contributed by atoms with van der Waals surface area (Å²) >= 11 is 1.62. The van der Waals surface area contributed by atoms with E-state index >= 15 is 0 Å². The fraction of sp³-hybridized carbons (Fsp3) is 0.300. The van der Waals surface area contributed by atoms with Crippen LogP contribution in [0.1, 0.15) is 27.0 Å². The molecule has 0 saturated heterocycles. The van der Waals surface area contributed by atoms with E-state index in [0.717, 1.165) is 16.7 Å². The molecule has 1 rings (SSSR count). The molecule has 0 aliphatic heterocycles. The summed E-state index contributed by atoms with van der Waals surface area (Å²) in [5.41, 5.74) is 4.26. The van der Waals surface area contributed by atoms with Crippen LogP contribution in [0.2, 0.25) is 0 Å². The van der Waals surface area contributed by atoms with Crippen molar-refractivity contribution in [3.05, 3.63) is 34.4 Å². The van der Waals surface area contributed by atoms with Gasteiger partial charge in [-0.25, -0.2) is 0 Å². The van der Waals surface area contributed by atoms with Crippen molar-refractivity contribution in [2.45, 2.75) is 20.8 Å². The molecule has 1 aromatic carbocycles. The van der Waals surface area contributed by atoms with Gasteiger partial charge in [-0.3, -0.25) is 0 Å². The molecule has 0 amide bonds. The van der Waals surface area contributed by atoms with Crippen molar-refractivity contribution in [1.29, 1.82) is 0 Å². The summed E-state index contributed by atoms with van der Waals surface area (Å²) in [7, 11) is 0. The van der Waals surface area contributed by atoms with Crippen LogP contribution in [0.3, 0.4) is 0 Å². The van der Waals surface area contributed by atoms with Crippen molar-refractivity contribution >= 4 is 21.1 Å². The van der Waals surface area contributed by atoms with Crippen molar-refractivity contribution in [1.82, 2.24) is 0 Å². The van der Waals surface area contributed by atoms with Gasteiger partial charge in [0.25, 0.3) is 0 Å². The van der Waals surface area contributed by atoms with Gasteiger partial charge in [-0.05, 0) is 0 Å². The van der Waals surface area contributed by atoms with E-state index < -0.39 is 0 Å². The average Bonchev–Trinajstić information content (AvgIpc) is 1.82. The quantitative estimate of drug-likeness (QED) is 0.660. The van der Waals surface area contributed by atoms with Crippen LogP contribution in [0.15, 0.2) is 12.1 Å². The van der Waals surface area contributed by atoms with Crippen molar-refractivity contribution in [2.24, 2.45) is 0 Å². The molecule has 0 heterocycles. The minimum atomic E-state index is 0.157. The molecule has 0 N–H and O–H groups in total. The van der Waals surface area contributed by atoms with E-state index in [0.29, 0.717) is 0 Å². The number of hydrogen-bond acceptors (Lipinski definition) is 1. The van der Waals surface area contributed by atoms with Crippen LogP contribution in [-0.4, -0.2) is 21.1 Å². The standard InChI is InChI=1S/C10H11GeO/c1-6-4-7(2)9(10(11)12)8(3)5-6/h4-5H,1-3H3. The fourth-order valence-corrected chi connectivity index (χ4v) is 2.37. The number of hydrogen-bond donors (Lipinski definition) is 0. The van der Waals surface area contributed by atoms with E-state index in [9.17, 15) is 4.79 Å². The summed E-state index contributed by atoms with van der Waals surface area (Å²) < 4.78 is 0.157. The van der Waals surface area contributed by atoms with E-state index in [-0.39, 0.29) is 4.62 Å². The first-order valence-corrected chi connectivity index (χ1v) is 4.91. The average molecular weight is 220 g/mol. The Morgan fingerprint density at radius 1 is 1.17 bits per heavy atom. The second-order valence-corrected chi connectivity index (χ2v) is 4.06. The first-order chi connectivity index (χ1) is 5.52. The zero-order valence-electron chi connectivity index (χ0n) is 7.56. The van der Waals surface area contributed by atoms with Crippen molar-refractivity contribution in [3.63, 3.8) is 0 Å². The van der Waals surface area contributed by atoms with E-state index in [1.807, 2.05) is 32.9 Å². The second-order valence-electron chi connectivity index (χ2n) is 3.10. The normalized spacial score (nSPS) is 10.0. The van der Waals surface area contributed by atoms with Gasteiger partial charge in [-0.1, -0.05) is 0 Å². The number of benzene rings is 1. The molecule has 2 heteroatoms. The molecule has 12 heavy (non-hydrogen) atoms. The molecule has 0 bridgehead atoms. The first-order valence-electron chi connectivity index (χ1n) is 3.86. The van der Waals surface area contributed by atoms with E-state index in [4.69, 9.17) is 0 Å². The Morgan fingerprint density at radius 2 is 1.58 bits per heavy atom. The fourth-order valence-electron chi connectivity index (χ4n) is 1.54. The predicted octanol–water partition coefficient (Wildman–Crippen LogP) is 1.92. The molecular formula is C10H11GeO. The molecule has 0 spiro atoms. The summed E-state index contributed by atoms with van der Waals surface area (Å²) in [5, 5.41) is 0. The van der Waals surface area contributed by atoms with Crippen LogP contribution >= 0.6 is 0 Å². The van der Waals surface area contributed by atoms with Gasteiger partial charge in [0.1, 0.15) is 0 Å². The van der Waals surface area contributed by atoms with Gasteiger partial charge in [0.05, 0.1) is 0 Å². The third-order valence-corrected chi connectivity index (χ3v) is 2.43. The Labute approximate surface area is 81.4 Å². The molecule has 0 saturated carbocycles. The maximum atomic E-state index is 11.2. The molecule has 3 radical (unpaired) electrons. The molecule has 0 atom stereocenters. The summed E-state index contributed by atoms with van der Waals surface area (Å²) in [6, 6.07) is 4.09. The summed E-state index contributed by atoms with van der Waals surface area (Å²) in [4.78, 5) is 11.2. The van der Waals surface area contributed by atoms with Crippen LogP contribution in [0.25, 0.3) is 0 Å². The van der Waals surface area contributed by atoms with Gasteiger partial charge in [0, 0.05) is 0 Å². The zero-order valence-corrected chi connectivity index (χ0v) is 9.66. The third-order valence-electron chi connectivity index (χ3n) is 1.90. The van der Waals surface area contributed by atoms with Crippen LogP contribution in [-0.2, 0) is 0 Å². The van der Waals surface area contributed by atoms with Gasteiger partial charge in [-0.2, -0.15) is 0 Å². The monoisotopic (exact) mass is 221 g/mol. The minimum absolute atomic E-state index is 0.157. The Hall–Kier alpha value is -0.567. The van der Waals surface area contributed by atoms with Crippen LogP contribution < -0.4 is 0 Å². The van der Waals surface area contributed by atoms with E-state index in [1.165, 1.54) is 5.56 Å². The van der Waals surface area contributed by atoms with Crippen molar-refractivity contribution in [3.8, 4) is 0 Å². The van der Waals surface area contributed by atoms with Crippen molar-refractivity contribution < 1.29 is 4.79 Å². The predicted molar refractivity (Wildman–Crippen MR) is 50.7 cm³/mol. The summed E-state index contributed by atoms with van der Waals surface area (Å²) in [5.74, 6) is 0. The molecule has 0 aliphatic carbocycles. The zero-order chi connectivity index (χ0) is 9.30. The van der Waals surface area contributed by atoms with Crippen LogP contribution in [0, 0.1) is 20.8 Å². The molecule has 0 aromatic heterocycles. The van der Waals surface area contributed by atoms with Gasteiger partial charge in [0.15, 0.2) is 0 Å². The number of carbonyl (C=O) groups excluding carboxylic acids is 1. The number of rotatable bonds is 1. The molecule has 1 nitrogen and oxygen atoms in total. The van der Waals surface area contributed by atoms with Crippen molar-refractivity contribution in [2.75, 3.05) is 0 Å². The van der Waals surface area contributed by atoms with Gasteiger partial charge in [0.2, 0.25) is 0 Å². The SMILES string of the molecule is Cc1cc(C)c([C](=O)[Ge])c(C)c1. The Kier molecular flexibility index (Phi) is 2.73. The maximum absolute atomic E-state index is 11.2. The molecule has 61 valence electrons. The van der Waals surface area contributed by atoms with Gasteiger partial charge in [-0.15, -0.1) is 0 Å². The third kappa shape index (κ3) is 1.78. The number of aryl methyl sites for hydroxylation is 3. The summed E-state index contributed by atoms with van der Waals surface area (Å²) in [6.07, 6.45) is 0. The molecule has 1 aromatic rings. The van der Waals surface area contributed by atoms with E-state index in [2.05, 4.69) is 0 Å². The van der Waals surface area contributed by atoms with Crippen LogP contribution in [0.4, 0.5) is 0 Å². The number of carbonyl (C=O) groups is 1. The summed E-state index contributed by atoms with van der Waals surface area (Å²) in [6.45, 7) is 6.01. The molecule has 0 fully saturated rings.